The summed E-state index contributed by atoms with van der Waals surface area (Å²) in [6.07, 6.45) is 4.40. The van der Waals surface area contributed by atoms with E-state index < -0.39 is 0 Å². The zero-order valence-corrected chi connectivity index (χ0v) is 15.4. The molecular formula is C20H29N3O2. The number of aryl methyl sites for hydroxylation is 1. The molecule has 5 heteroatoms. The Kier molecular flexibility index (Phi) is 5.61. The van der Waals surface area contributed by atoms with E-state index in [2.05, 4.69) is 36.1 Å². The lowest BCUT2D eigenvalue weighted by atomic mass is 10.2. The Hall–Kier alpha value is -2.04. The third-order valence-electron chi connectivity index (χ3n) is 5.47. The van der Waals surface area contributed by atoms with Gasteiger partial charge in [-0.1, -0.05) is 25.0 Å². The van der Waals surface area contributed by atoms with Crippen molar-refractivity contribution in [2.75, 3.05) is 37.6 Å². The molecule has 1 aromatic carbocycles. The van der Waals surface area contributed by atoms with Crippen LogP contribution in [0.4, 0.5) is 5.69 Å². The van der Waals surface area contributed by atoms with Crippen molar-refractivity contribution in [3.05, 3.63) is 29.8 Å². The number of anilines is 1. The van der Waals surface area contributed by atoms with Crippen LogP contribution < -0.4 is 4.90 Å². The lowest BCUT2D eigenvalue weighted by Crippen LogP contribution is -2.52. The molecule has 0 spiro atoms. The Morgan fingerprint density at radius 3 is 2.40 bits per heavy atom. The van der Waals surface area contributed by atoms with Crippen LogP contribution in [-0.2, 0) is 9.59 Å². The van der Waals surface area contributed by atoms with Gasteiger partial charge in [-0.2, -0.15) is 0 Å². The highest BCUT2D eigenvalue weighted by Crippen LogP contribution is 2.24. The molecule has 2 amide bonds. The summed E-state index contributed by atoms with van der Waals surface area (Å²) in [4.78, 5) is 30.7. The minimum absolute atomic E-state index is 0.0265. The molecular weight excluding hydrogens is 314 g/mol. The maximum absolute atomic E-state index is 12.7. The fraction of sp³-hybridized carbons (Fsp3) is 0.600. The molecule has 136 valence electrons. The Labute approximate surface area is 150 Å². The van der Waals surface area contributed by atoms with Gasteiger partial charge in [0, 0.05) is 44.8 Å². The summed E-state index contributed by atoms with van der Waals surface area (Å²) in [5.41, 5.74) is 2.48. The lowest BCUT2D eigenvalue weighted by molar-refractivity contribution is -0.141. The molecule has 0 bridgehead atoms. The molecule has 1 heterocycles. The van der Waals surface area contributed by atoms with Gasteiger partial charge >= 0.3 is 0 Å². The second-order valence-corrected chi connectivity index (χ2v) is 7.29. The Morgan fingerprint density at radius 1 is 1.12 bits per heavy atom. The van der Waals surface area contributed by atoms with E-state index in [0.717, 1.165) is 51.9 Å². The minimum Gasteiger partial charge on any atom is -0.368 e. The number of hydrogen-bond acceptors (Lipinski definition) is 3. The standard InChI is InChI=1S/C20H29N3O2/c1-16-6-5-9-19(14-16)21-10-12-22(13-11-21)20(25)15-23(17(2)24)18-7-3-4-8-18/h5-6,9,14,18H,3-4,7-8,10-13,15H2,1-2H3. The van der Waals surface area contributed by atoms with E-state index in [4.69, 9.17) is 0 Å². The van der Waals surface area contributed by atoms with Crippen LogP contribution in [0.2, 0.25) is 0 Å². The molecule has 1 saturated heterocycles. The molecule has 0 N–H and O–H groups in total. The van der Waals surface area contributed by atoms with Crippen LogP contribution in [-0.4, -0.2) is 60.4 Å². The molecule has 1 saturated carbocycles. The first-order valence-electron chi connectivity index (χ1n) is 9.41. The van der Waals surface area contributed by atoms with Gasteiger partial charge in [-0.15, -0.1) is 0 Å². The SMILES string of the molecule is CC(=O)N(CC(=O)N1CCN(c2cccc(C)c2)CC1)C1CCCC1. The summed E-state index contributed by atoms with van der Waals surface area (Å²) in [6, 6.07) is 8.75. The smallest absolute Gasteiger partial charge is 0.242 e. The molecule has 0 unspecified atom stereocenters. The van der Waals surface area contributed by atoms with Crippen LogP contribution in [0.15, 0.2) is 24.3 Å². The number of rotatable bonds is 4. The number of hydrogen-bond donors (Lipinski definition) is 0. The summed E-state index contributed by atoms with van der Waals surface area (Å²) in [5.74, 6) is 0.115. The maximum Gasteiger partial charge on any atom is 0.242 e. The van der Waals surface area contributed by atoms with Crippen LogP contribution in [0.5, 0.6) is 0 Å². The molecule has 25 heavy (non-hydrogen) atoms. The Bertz CT molecular complexity index is 617. The number of carbonyl (C=O) groups excluding carboxylic acids is 2. The van der Waals surface area contributed by atoms with Crippen LogP contribution in [0.1, 0.15) is 38.2 Å². The Balaban J connectivity index is 1.54. The summed E-state index contributed by atoms with van der Waals surface area (Å²) in [5, 5.41) is 0. The van der Waals surface area contributed by atoms with Gasteiger partial charge in [0.15, 0.2) is 0 Å². The Morgan fingerprint density at radius 2 is 1.80 bits per heavy atom. The van der Waals surface area contributed by atoms with E-state index in [-0.39, 0.29) is 24.4 Å². The summed E-state index contributed by atoms with van der Waals surface area (Å²) >= 11 is 0. The highest BCUT2D eigenvalue weighted by Gasteiger charge is 2.29. The monoisotopic (exact) mass is 343 g/mol. The second-order valence-electron chi connectivity index (χ2n) is 7.29. The molecule has 1 aliphatic heterocycles. The van der Waals surface area contributed by atoms with Crippen LogP contribution in [0.25, 0.3) is 0 Å². The fourth-order valence-corrected chi connectivity index (χ4v) is 4.00. The van der Waals surface area contributed by atoms with Crippen molar-refractivity contribution in [1.29, 1.82) is 0 Å². The highest BCUT2D eigenvalue weighted by atomic mass is 16.2. The van der Waals surface area contributed by atoms with E-state index in [0.29, 0.717) is 0 Å². The first-order valence-corrected chi connectivity index (χ1v) is 9.41. The van der Waals surface area contributed by atoms with Crippen molar-refractivity contribution < 1.29 is 9.59 Å². The van der Waals surface area contributed by atoms with Crippen molar-refractivity contribution in [1.82, 2.24) is 9.80 Å². The second kappa shape index (κ2) is 7.89. The third-order valence-corrected chi connectivity index (χ3v) is 5.47. The van der Waals surface area contributed by atoms with Gasteiger partial charge in [0.2, 0.25) is 11.8 Å². The van der Waals surface area contributed by atoms with Gasteiger partial charge in [-0.25, -0.2) is 0 Å². The predicted molar refractivity (Wildman–Crippen MR) is 99.6 cm³/mol. The van der Waals surface area contributed by atoms with Gasteiger partial charge in [-0.3, -0.25) is 9.59 Å². The van der Waals surface area contributed by atoms with E-state index >= 15 is 0 Å². The fourth-order valence-electron chi connectivity index (χ4n) is 4.00. The summed E-state index contributed by atoms with van der Waals surface area (Å²) in [7, 11) is 0. The van der Waals surface area contributed by atoms with Crippen molar-refractivity contribution in [3.63, 3.8) is 0 Å². The van der Waals surface area contributed by atoms with Crippen molar-refractivity contribution in [3.8, 4) is 0 Å². The molecule has 2 fully saturated rings. The minimum atomic E-state index is 0.0265. The molecule has 0 radical (unpaired) electrons. The van der Waals surface area contributed by atoms with Gasteiger partial charge in [0.25, 0.3) is 0 Å². The predicted octanol–water partition coefficient (Wildman–Crippen LogP) is 2.43. The van der Waals surface area contributed by atoms with Crippen LogP contribution in [0, 0.1) is 6.92 Å². The first-order chi connectivity index (χ1) is 12.0. The highest BCUT2D eigenvalue weighted by molar-refractivity contribution is 5.84. The normalized spacial score (nSPS) is 18.5. The van der Waals surface area contributed by atoms with Gasteiger partial charge in [-0.05, 0) is 37.5 Å². The number of nitrogens with zero attached hydrogens (tertiary/aromatic N) is 3. The van der Waals surface area contributed by atoms with E-state index in [1.165, 1.54) is 11.3 Å². The topological polar surface area (TPSA) is 43.9 Å². The average molecular weight is 343 g/mol. The number of amides is 2. The average Bonchev–Trinajstić information content (AvgIpc) is 3.13. The zero-order valence-electron chi connectivity index (χ0n) is 15.4. The summed E-state index contributed by atoms with van der Waals surface area (Å²) in [6.45, 7) is 7.07. The number of carbonyl (C=O) groups is 2. The molecule has 1 aliphatic carbocycles. The van der Waals surface area contributed by atoms with Gasteiger partial charge in [0.05, 0.1) is 6.54 Å². The van der Waals surface area contributed by atoms with E-state index in [9.17, 15) is 9.59 Å². The van der Waals surface area contributed by atoms with E-state index in [1.54, 1.807) is 11.8 Å². The van der Waals surface area contributed by atoms with Crippen LogP contribution in [0.3, 0.4) is 0 Å². The third kappa shape index (κ3) is 4.33. The maximum atomic E-state index is 12.7. The summed E-state index contributed by atoms with van der Waals surface area (Å²) < 4.78 is 0. The van der Waals surface area contributed by atoms with E-state index in [1.807, 2.05) is 4.90 Å². The number of benzene rings is 1. The zero-order chi connectivity index (χ0) is 17.8. The van der Waals surface area contributed by atoms with Crippen molar-refractivity contribution in [2.24, 2.45) is 0 Å². The van der Waals surface area contributed by atoms with Crippen molar-refractivity contribution in [2.45, 2.75) is 45.6 Å². The molecule has 2 aliphatic rings. The van der Waals surface area contributed by atoms with Gasteiger partial charge < -0.3 is 14.7 Å². The quantitative estimate of drug-likeness (QED) is 0.843. The molecule has 5 nitrogen and oxygen atoms in total. The van der Waals surface area contributed by atoms with Crippen LogP contribution >= 0.6 is 0 Å². The molecule has 0 atom stereocenters. The largest absolute Gasteiger partial charge is 0.368 e. The lowest BCUT2D eigenvalue weighted by Gasteiger charge is -2.37. The van der Waals surface area contributed by atoms with Crippen molar-refractivity contribution >= 4 is 17.5 Å². The van der Waals surface area contributed by atoms with Gasteiger partial charge in [0.1, 0.15) is 0 Å². The molecule has 1 aromatic rings. The number of piperazine rings is 1. The molecule has 3 rings (SSSR count). The molecule has 0 aromatic heterocycles. The first kappa shape index (κ1) is 17.8.